The standard InChI is InChI=1S/C42H70O10/c1-22-34(52-36-32(47)30(45)29(44)25(21-43)50-36)31(46)33(48)35(49-22)51-28-13-14-40(7)26(38(28,4)5)12-15-42(9)27(40)11-10-23-24-20-37(2,3)16-17-39(24,6)18-19-41(23,42)8/h10,22,24-36,43-48H,11-21H2,1-9H3. The van der Waals surface area contributed by atoms with E-state index in [1.807, 2.05) is 0 Å². The summed E-state index contributed by atoms with van der Waals surface area (Å²) >= 11 is 0. The Hall–Kier alpha value is -0.660. The second-order valence-electron chi connectivity index (χ2n) is 20.8. The number of aliphatic hydroxyl groups is 6. The summed E-state index contributed by atoms with van der Waals surface area (Å²) < 4.78 is 24.2. The average molecular weight is 735 g/mol. The van der Waals surface area contributed by atoms with Crippen molar-refractivity contribution in [3.63, 3.8) is 0 Å². The molecular formula is C42H70O10. The SMILES string of the molecule is CC1OC(OC2CCC3(C)C(CCC4(C)C3CC=C3C5CC(C)(C)CCC5(C)CCC34C)C2(C)C)C(O)C(O)C1OC1OC(CO)C(O)C(O)C1O. The molecule has 0 spiro atoms. The van der Waals surface area contributed by atoms with E-state index < -0.39 is 68.0 Å². The van der Waals surface area contributed by atoms with E-state index in [9.17, 15) is 30.6 Å². The molecule has 18 unspecified atom stereocenters. The monoisotopic (exact) mass is 734 g/mol. The number of hydrogen-bond donors (Lipinski definition) is 6. The van der Waals surface area contributed by atoms with Gasteiger partial charge in [0.05, 0.1) is 18.8 Å². The van der Waals surface area contributed by atoms with Gasteiger partial charge in [0, 0.05) is 0 Å². The summed E-state index contributed by atoms with van der Waals surface area (Å²) in [5.41, 5.74) is 2.97. The predicted octanol–water partition coefficient (Wildman–Crippen LogP) is 4.84. The maximum absolute atomic E-state index is 11.3. The molecule has 2 saturated heterocycles. The first-order valence-electron chi connectivity index (χ1n) is 20.5. The van der Waals surface area contributed by atoms with Crippen molar-refractivity contribution in [2.45, 2.75) is 194 Å². The molecule has 5 aliphatic carbocycles. The predicted molar refractivity (Wildman–Crippen MR) is 195 cm³/mol. The minimum Gasteiger partial charge on any atom is -0.394 e. The van der Waals surface area contributed by atoms with Crippen LogP contribution in [0.2, 0.25) is 0 Å². The molecule has 2 aliphatic heterocycles. The minimum atomic E-state index is -1.63. The van der Waals surface area contributed by atoms with Gasteiger partial charge in [-0.1, -0.05) is 67.0 Å². The molecular weight excluding hydrogens is 664 g/mol. The largest absolute Gasteiger partial charge is 0.394 e. The lowest BCUT2D eigenvalue weighted by molar-refractivity contribution is -0.364. The fourth-order valence-electron chi connectivity index (χ4n) is 13.5. The number of fused-ring (bicyclic) bond motifs is 7. The molecule has 6 N–H and O–H groups in total. The molecule has 0 radical (unpaired) electrons. The lowest BCUT2D eigenvalue weighted by Gasteiger charge is -2.71. The zero-order chi connectivity index (χ0) is 38.0. The van der Waals surface area contributed by atoms with Gasteiger partial charge in [-0.15, -0.1) is 0 Å². The van der Waals surface area contributed by atoms with E-state index in [1.54, 1.807) is 12.5 Å². The number of allylic oxidation sites excluding steroid dienone is 2. The van der Waals surface area contributed by atoms with Crippen LogP contribution in [-0.4, -0.2) is 105 Å². The van der Waals surface area contributed by atoms with E-state index in [0.29, 0.717) is 28.6 Å². The molecule has 0 aromatic heterocycles. The van der Waals surface area contributed by atoms with Crippen LogP contribution in [0, 0.1) is 50.2 Å². The molecule has 0 aromatic rings. The fraction of sp³-hybridized carbons (Fsp3) is 0.952. The molecule has 298 valence electrons. The quantitative estimate of drug-likeness (QED) is 0.171. The van der Waals surface area contributed by atoms with E-state index in [-0.39, 0.29) is 27.8 Å². The molecule has 18 atom stereocenters. The third-order valence-corrected chi connectivity index (χ3v) is 17.2. The Morgan fingerprint density at radius 2 is 1.37 bits per heavy atom. The summed E-state index contributed by atoms with van der Waals surface area (Å²) in [4.78, 5) is 0. The van der Waals surface area contributed by atoms with E-state index in [2.05, 4.69) is 61.5 Å². The molecule has 2 heterocycles. The summed E-state index contributed by atoms with van der Waals surface area (Å²) in [6, 6.07) is 0. The van der Waals surface area contributed by atoms with Crippen LogP contribution in [0.5, 0.6) is 0 Å². The topological polar surface area (TPSA) is 158 Å². The number of rotatable bonds is 5. The van der Waals surface area contributed by atoms with Crippen LogP contribution in [0.25, 0.3) is 0 Å². The van der Waals surface area contributed by atoms with Crippen LogP contribution < -0.4 is 0 Å². The van der Waals surface area contributed by atoms with Gasteiger partial charge in [0.1, 0.15) is 42.7 Å². The van der Waals surface area contributed by atoms with E-state index in [4.69, 9.17) is 18.9 Å². The highest BCUT2D eigenvalue weighted by Crippen LogP contribution is 2.75. The summed E-state index contributed by atoms with van der Waals surface area (Å²) in [7, 11) is 0. The maximum Gasteiger partial charge on any atom is 0.187 e. The Kier molecular flexibility index (Phi) is 10.0. The molecule has 6 fully saturated rings. The van der Waals surface area contributed by atoms with Gasteiger partial charge in [-0.05, 0) is 121 Å². The number of hydrogen-bond acceptors (Lipinski definition) is 10. The highest BCUT2D eigenvalue weighted by Gasteiger charge is 2.68. The second kappa shape index (κ2) is 13.2. The van der Waals surface area contributed by atoms with Crippen molar-refractivity contribution < 1.29 is 49.6 Å². The van der Waals surface area contributed by atoms with Crippen molar-refractivity contribution in [3.8, 4) is 0 Å². The highest BCUT2D eigenvalue weighted by atomic mass is 16.7. The first-order valence-corrected chi connectivity index (χ1v) is 20.5. The van der Waals surface area contributed by atoms with Crippen molar-refractivity contribution in [1.29, 1.82) is 0 Å². The van der Waals surface area contributed by atoms with Crippen molar-refractivity contribution in [2.24, 2.45) is 50.2 Å². The number of ether oxygens (including phenoxy) is 4. The Balaban J connectivity index is 1.06. The van der Waals surface area contributed by atoms with Crippen LogP contribution in [0.3, 0.4) is 0 Å². The molecule has 7 rings (SSSR count). The van der Waals surface area contributed by atoms with Crippen molar-refractivity contribution in [1.82, 2.24) is 0 Å². The average Bonchev–Trinajstić information content (AvgIpc) is 3.07. The molecule has 0 bridgehead atoms. The van der Waals surface area contributed by atoms with Crippen LogP contribution >= 0.6 is 0 Å². The lowest BCUT2D eigenvalue weighted by atomic mass is 9.33. The molecule has 0 amide bonds. The zero-order valence-corrected chi connectivity index (χ0v) is 33.3. The summed E-state index contributed by atoms with van der Waals surface area (Å²) in [6.07, 6.45) is 1.21. The fourth-order valence-corrected chi connectivity index (χ4v) is 13.5. The number of aliphatic hydroxyl groups excluding tert-OH is 6. The van der Waals surface area contributed by atoms with Gasteiger partial charge in [0.2, 0.25) is 0 Å². The molecule has 4 saturated carbocycles. The van der Waals surface area contributed by atoms with Gasteiger partial charge >= 0.3 is 0 Å². The van der Waals surface area contributed by atoms with E-state index in [1.165, 1.54) is 38.5 Å². The maximum atomic E-state index is 11.3. The zero-order valence-electron chi connectivity index (χ0n) is 33.3. The Morgan fingerprint density at radius 1 is 0.712 bits per heavy atom. The van der Waals surface area contributed by atoms with Gasteiger partial charge < -0.3 is 49.6 Å². The third kappa shape index (κ3) is 5.85. The molecule has 0 aromatic carbocycles. The minimum absolute atomic E-state index is 0.136. The summed E-state index contributed by atoms with van der Waals surface area (Å²) in [6.45, 7) is 21.1. The van der Waals surface area contributed by atoms with Gasteiger partial charge in [-0.2, -0.15) is 0 Å². The normalized spacial score (nSPS) is 55.6. The third-order valence-electron chi connectivity index (χ3n) is 17.2. The van der Waals surface area contributed by atoms with Crippen LogP contribution in [0.1, 0.15) is 127 Å². The highest BCUT2D eigenvalue weighted by molar-refractivity contribution is 5.33. The van der Waals surface area contributed by atoms with E-state index >= 15 is 0 Å². The molecule has 10 nitrogen and oxygen atoms in total. The van der Waals surface area contributed by atoms with E-state index in [0.717, 1.165) is 25.7 Å². The Bertz CT molecular complexity index is 1370. The van der Waals surface area contributed by atoms with Crippen LogP contribution in [0.4, 0.5) is 0 Å². The molecule has 7 aliphatic rings. The van der Waals surface area contributed by atoms with Gasteiger partial charge in [0.25, 0.3) is 0 Å². The van der Waals surface area contributed by atoms with Crippen LogP contribution in [-0.2, 0) is 18.9 Å². The second-order valence-corrected chi connectivity index (χ2v) is 20.8. The van der Waals surface area contributed by atoms with Gasteiger partial charge in [0.15, 0.2) is 12.6 Å². The lowest BCUT2D eigenvalue weighted by Crippen LogP contribution is -2.66. The molecule has 52 heavy (non-hydrogen) atoms. The smallest absolute Gasteiger partial charge is 0.187 e. The Labute approximate surface area is 311 Å². The van der Waals surface area contributed by atoms with Gasteiger partial charge in [-0.3, -0.25) is 0 Å². The first kappa shape index (κ1) is 39.6. The van der Waals surface area contributed by atoms with Crippen molar-refractivity contribution >= 4 is 0 Å². The Morgan fingerprint density at radius 3 is 2.06 bits per heavy atom. The van der Waals surface area contributed by atoms with Gasteiger partial charge in [-0.25, -0.2) is 0 Å². The summed E-state index contributed by atoms with van der Waals surface area (Å²) in [5.74, 6) is 1.68. The van der Waals surface area contributed by atoms with Crippen molar-refractivity contribution in [3.05, 3.63) is 11.6 Å². The first-order chi connectivity index (χ1) is 24.1. The van der Waals surface area contributed by atoms with Crippen LogP contribution in [0.15, 0.2) is 11.6 Å². The molecule has 10 heteroatoms. The van der Waals surface area contributed by atoms with Crippen molar-refractivity contribution in [2.75, 3.05) is 6.61 Å². The summed E-state index contributed by atoms with van der Waals surface area (Å²) in [5, 5.41) is 63.1.